The molecular formula is C16H26N2. The molecule has 18 heavy (non-hydrogen) atoms. The lowest BCUT2D eigenvalue weighted by Crippen LogP contribution is -2.50. The Morgan fingerprint density at radius 3 is 2.56 bits per heavy atom. The highest BCUT2D eigenvalue weighted by molar-refractivity contribution is 5.22. The van der Waals surface area contributed by atoms with Crippen molar-refractivity contribution in [2.75, 3.05) is 19.6 Å². The van der Waals surface area contributed by atoms with Crippen molar-refractivity contribution in [1.29, 1.82) is 0 Å². The molecule has 0 aliphatic carbocycles. The molecule has 1 atom stereocenters. The van der Waals surface area contributed by atoms with Gasteiger partial charge < -0.3 is 5.32 Å². The normalized spacial score (nSPS) is 21.1. The highest BCUT2D eigenvalue weighted by atomic mass is 15.2. The number of hydrogen-bond acceptors (Lipinski definition) is 2. The molecule has 0 saturated carbocycles. The molecule has 1 aliphatic heterocycles. The predicted octanol–water partition coefficient (Wildman–Crippen LogP) is 2.82. The summed E-state index contributed by atoms with van der Waals surface area (Å²) in [6, 6.07) is 9.80. The molecule has 1 aromatic rings. The second-order valence-electron chi connectivity index (χ2n) is 5.34. The Morgan fingerprint density at radius 2 is 1.89 bits per heavy atom. The van der Waals surface area contributed by atoms with E-state index in [0.29, 0.717) is 6.04 Å². The van der Waals surface area contributed by atoms with Crippen LogP contribution in [0.5, 0.6) is 0 Å². The van der Waals surface area contributed by atoms with Crippen molar-refractivity contribution in [3.8, 4) is 0 Å². The van der Waals surface area contributed by atoms with Gasteiger partial charge in [-0.25, -0.2) is 0 Å². The Labute approximate surface area is 111 Å². The first-order valence-electron chi connectivity index (χ1n) is 7.35. The summed E-state index contributed by atoms with van der Waals surface area (Å²) in [6.45, 7) is 9.09. The number of nitrogens with one attached hydrogen (secondary N) is 1. The van der Waals surface area contributed by atoms with E-state index in [1.165, 1.54) is 37.1 Å². The molecule has 0 radical (unpaired) electrons. The molecule has 100 valence electrons. The van der Waals surface area contributed by atoms with Crippen LogP contribution in [0, 0.1) is 0 Å². The molecule has 0 aromatic heterocycles. The van der Waals surface area contributed by atoms with Gasteiger partial charge in [0, 0.05) is 32.2 Å². The van der Waals surface area contributed by atoms with Crippen LogP contribution in [-0.4, -0.2) is 30.6 Å². The van der Waals surface area contributed by atoms with Gasteiger partial charge in [-0.2, -0.15) is 0 Å². The van der Waals surface area contributed by atoms with Gasteiger partial charge >= 0.3 is 0 Å². The minimum absolute atomic E-state index is 0.693. The van der Waals surface area contributed by atoms with Crippen LogP contribution in [0.1, 0.15) is 37.8 Å². The fourth-order valence-corrected chi connectivity index (χ4v) is 2.72. The number of nitrogens with zero attached hydrogens (tertiary/aromatic N) is 1. The van der Waals surface area contributed by atoms with Gasteiger partial charge in [0.05, 0.1) is 0 Å². The van der Waals surface area contributed by atoms with Crippen molar-refractivity contribution in [3.63, 3.8) is 0 Å². The van der Waals surface area contributed by atoms with Gasteiger partial charge in [-0.1, -0.05) is 44.5 Å². The largest absolute Gasteiger partial charge is 0.311 e. The second kappa shape index (κ2) is 6.91. The molecule has 0 bridgehead atoms. The Balaban J connectivity index is 1.87. The molecule has 0 amide bonds. The van der Waals surface area contributed by atoms with Crippen molar-refractivity contribution < 1.29 is 0 Å². The number of hydrogen-bond donors (Lipinski definition) is 1. The topological polar surface area (TPSA) is 15.3 Å². The number of benzene rings is 1. The molecule has 2 rings (SSSR count). The Hall–Kier alpha value is -0.860. The fourth-order valence-electron chi connectivity index (χ4n) is 2.72. The Kier molecular flexibility index (Phi) is 5.21. The highest BCUT2D eigenvalue weighted by Gasteiger charge is 2.18. The quantitative estimate of drug-likeness (QED) is 0.859. The monoisotopic (exact) mass is 246 g/mol. The molecule has 0 spiro atoms. The number of aryl methyl sites for hydroxylation is 1. The molecule has 2 heteroatoms. The van der Waals surface area contributed by atoms with Crippen LogP contribution in [0.2, 0.25) is 0 Å². The van der Waals surface area contributed by atoms with E-state index in [1.54, 1.807) is 0 Å². The second-order valence-corrected chi connectivity index (χ2v) is 5.34. The van der Waals surface area contributed by atoms with Gasteiger partial charge in [0.25, 0.3) is 0 Å². The van der Waals surface area contributed by atoms with Crippen molar-refractivity contribution in [2.45, 2.75) is 45.7 Å². The molecule has 1 heterocycles. The lowest BCUT2D eigenvalue weighted by Gasteiger charge is -2.33. The maximum atomic E-state index is 3.61. The summed E-state index contributed by atoms with van der Waals surface area (Å²) < 4.78 is 0. The van der Waals surface area contributed by atoms with E-state index < -0.39 is 0 Å². The van der Waals surface area contributed by atoms with Crippen molar-refractivity contribution in [2.24, 2.45) is 0 Å². The van der Waals surface area contributed by atoms with Gasteiger partial charge in [-0.05, 0) is 24.0 Å². The first-order valence-corrected chi connectivity index (χ1v) is 7.35. The first-order chi connectivity index (χ1) is 8.81. The van der Waals surface area contributed by atoms with Crippen LogP contribution in [0.25, 0.3) is 0 Å². The summed E-state index contributed by atoms with van der Waals surface area (Å²) in [5.74, 6) is 0. The minimum Gasteiger partial charge on any atom is -0.311 e. The summed E-state index contributed by atoms with van der Waals surface area (Å²) in [5, 5.41) is 3.61. The van der Waals surface area contributed by atoms with E-state index >= 15 is 0 Å². The van der Waals surface area contributed by atoms with E-state index in [-0.39, 0.29) is 0 Å². The molecule has 1 N–H and O–H groups in total. The standard InChI is InChI=1S/C16H26N2/c1-3-5-16-13-18(11-10-17-16)12-15-8-6-14(4-2)7-9-15/h6-9,16-17H,3-5,10-13H2,1-2H3. The van der Waals surface area contributed by atoms with Gasteiger partial charge in [-0.15, -0.1) is 0 Å². The third kappa shape index (κ3) is 3.82. The highest BCUT2D eigenvalue weighted by Crippen LogP contribution is 2.11. The van der Waals surface area contributed by atoms with E-state index in [4.69, 9.17) is 0 Å². The first kappa shape index (κ1) is 13.6. The summed E-state index contributed by atoms with van der Waals surface area (Å²) in [6.07, 6.45) is 3.70. The van der Waals surface area contributed by atoms with Crippen LogP contribution in [0.4, 0.5) is 0 Å². The summed E-state index contributed by atoms with van der Waals surface area (Å²) in [7, 11) is 0. The van der Waals surface area contributed by atoms with Crippen LogP contribution >= 0.6 is 0 Å². The third-order valence-corrected chi connectivity index (χ3v) is 3.81. The van der Waals surface area contributed by atoms with Crippen LogP contribution in [0.3, 0.4) is 0 Å². The van der Waals surface area contributed by atoms with E-state index in [1.807, 2.05) is 0 Å². The molecule has 1 fully saturated rings. The van der Waals surface area contributed by atoms with Crippen molar-refractivity contribution in [3.05, 3.63) is 35.4 Å². The van der Waals surface area contributed by atoms with Crippen LogP contribution < -0.4 is 5.32 Å². The lowest BCUT2D eigenvalue weighted by atomic mass is 10.1. The molecule has 2 nitrogen and oxygen atoms in total. The lowest BCUT2D eigenvalue weighted by molar-refractivity contribution is 0.187. The maximum Gasteiger partial charge on any atom is 0.0234 e. The molecular weight excluding hydrogens is 220 g/mol. The zero-order chi connectivity index (χ0) is 12.8. The van der Waals surface area contributed by atoms with Crippen molar-refractivity contribution in [1.82, 2.24) is 10.2 Å². The maximum absolute atomic E-state index is 3.61. The molecule has 1 saturated heterocycles. The third-order valence-electron chi connectivity index (χ3n) is 3.81. The number of piperazine rings is 1. The van der Waals surface area contributed by atoms with E-state index in [2.05, 4.69) is 48.3 Å². The summed E-state index contributed by atoms with van der Waals surface area (Å²) in [5.41, 5.74) is 2.88. The zero-order valence-corrected chi connectivity index (χ0v) is 11.8. The summed E-state index contributed by atoms with van der Waals surface area (Å²) >= 11 is 0. The minimum atomic E-state index is 0.693. The SMILES string of the molecule is CCCC1CN(Cc2ccc(CC)cc2)CCN1. The van der Waals surface area contributed by atoms with Crippen LogP contribution in [-0.2, 0) is 13.0 Å². The molecule has 1 unspecified atom stereocenters. The zero-order valence-electron chi connectivity index (χ0n) is 11.8. The van der Waals surface area contributed by atoms with Gasteiger partial charge in [0.1, 0.15) is 0 Å². The average Bonchev–Trinajstić information content (AvgIpc) is 2.40. The molecule has 1 aliphatic rings. The Morgan fingerprint density at radius 1 is 1.17 bits per heavy atom. The van der Waals surface area contributed by atoms with Gasteiger partial charge in [0.15, 0.2) is 0 Å². The average molecular weight is 246 g/mol. The van der Waals surface area contributed by atoms with E-state index in [9.17, 15) is 0 Å². The molecule has 1 aromatic carbocycles. The van der Waals surface area contributed by atoms with Gasteiger partial charge in [-0.3, -0.25) is 4.90 Å². The van der Waals surface area contributed by atoms with Gasteiger partial charge in [0.2, 0.25) is 0 Å². The van der Waals surface area contributed by atoms with Crippen molar-refractivity contribution >= 4 is 0 Å². The van der Waals surface area contributed by atoms with E-state index in [0.717, 1.165) is 19.5 Å². The fraction of sp³-hybridized carbons (Fsp3) is 0.625. The number of rotatable bonds is 5. The predicted molar refractivity (Wildman–Crippen MR) is 77.8 cm³/mol. The Bertz CT molecular complexity index is 343. The smallest absolute Gasteiger partial charge is 0.0234 e. The van der Waals surface area contributed by atoms with Crippen LogP contribution in [0.15, 0.2) is 24.3 Å². The summed E-state index contributed by atoms with van der Waals surface area (Å²) in [4.78, 5) is 2.58.